The number of piperazine rings is 1. The Kier molecular flexibility index (Phi) is 7.49. The molecule has 2 aliphatic heterocycles. The van der Waals surface area contributed by atoms with Crippen molar-refractivity contribution < 1.29 is 17.6 Å². The maximum atomic E-state index is 14.1. The van der Waals surface area contributed by atoms with Crippen molar-refractivity contribution in [1.82, 2.24) is 13.7 Å². The van der Waals surface area contributed by atoms with Crippen LogP contribution in [0.15, 0.2) is 64.6 Å². The smallest absolute Gasteiger partial charge is 0.283 e. The molecule has 0 spiro atoms. The zero-order valence-electron chi connectivity index (χ0n) is 22.1. The number of nitrogens with zero attached hydrogens (tertiary/aromatic N) is 4. The summed E-state index contributed by atoms with van der Waals surface area (Å²) in [6.45, 7) is 6.51. The van der Waals surface area contributed by atoms with Gasteiger partial charge in [0.2, 0.25) is 0 Å². The van der Waals surface area contributed by atoms with Crippen LogP contribution in [0.3, 0.4) is 0 Å². The van der Waals surface area contributed by atoms with Crippen LogP contribution in [0.1, 0.15) is 32.4 Å². The predicted octanol–water partition coefficient (Wildman–Crippen LogP) is 4.32. The highest BCUT2D eigenvalue weighted by Gasteiger charge is 2.40. The van der Waals surface area contributed by atoms with E-state index in [0.717, 1.165) is 9.77 Å². The SMILES string of the molecule is CC1=C(C(=O)N2CCN(c3ccc(F)cc3)CC2)C(c2ccc(Cl)c(Cl)c2)n2c(cc(=O)n2S(=O)(=O)C(C)C)N1. The second-order valence-corrected chi connectivity index (χ2v) is 13.2. The normalized spacial score (nSPS) is 17.7. The fourth-order valence-electron chi connectivity index (χ4n) is 5.07. The van der Waals surface area contributed by atoms with Gasteiger partial charge >= 0.3 is 0 Å². The molecule has 9 nitrogen and oxygen atoms in total. The van der Waals surface area contributed by atoms with E-state index >= 15 is 0 Å². The first-order valence-corrected chi connectivity index (χ1v) is 15.0. The molecule has 3 aromatic rings. The number of hydrogen-bond acceptors (Lipinski definition) is 6. The second kappa shape index (κ2) is 10.6. The molecule has 40 heavy (non-hydrogen) atoms. The van der Waals surface area contributed by atoms with Crippen LogP contribution in [0, 0.1) is 5.82 Å². The van der Waals surface area contributed by atoms with Crippen molar-refractivity contribution in [1.29, 1.82) is 0 Å². The standard InChI is InChI=1S/C27H28Cl2FN5O4S/c1-16(2)40(38,39)35-24(36)15-23-31-17(3)25(26(34(23)35)18-4-9-21(28)22(29)14-18)27(37)33-12-10-32(11-13-33)20-7-5-19(30)6-8-20/h4-9,14-16,26,31H,10-13H2,1-3H3. The maximum absolute atomic E-state index is 14.1. The van der Waals surface area contributed by atoms with E-state index in [1.165, 1.54) is 36.7 Å². The van der Waals surface area contributed by atoms with Crippen LogP contribution in [0.25, 0.3) is 0 Å². The predicted molar refractivity (Wildman–Crippen MR) is 154 cm³/mol. The molecule has 5 rings (SSSR count). The number of halogens is 3. The minimum Gasteiger partial charge on any atom is -0.368 e. The van der Waals surface area contributed by atoms with E-state index in [1.54, 1.807) is 42.2 Å². The molecule has 13 heteroatoms. The summed E-state index contributed by atoms with van der Waals surface area (Å²) in [4.78, 5) is 31.0. The van der Waals surface area contributed by atoms with Crippen LogP contribution < -0.4 is 15.8 Å². The lowest BCUT2D eigenvalue weighted by atomic mass is 9.94. The van der Waals surface area contributed by atoms with Crippen molar-refractivity contribution in [2.24, 2.45) is 0 Å². The van der Waals surface area contributed by atoms with Gasteiger partial charge in [-0.25, -0.2) is 17.5 Å². The largest absolute Gasteiger partial charge is 0.368 e. The third-order valence-corrected chi connectivity index (χ3v) is 9.98. The van der Waals surface area contributed by atoms with Crippen LogP contribution in [-0.4, -0.2) is 59.4 Å². The molecule has 1 aromatic heterocycles. The molecule has 0 aliphatic carbocycles. The number of amides is 1. The number of carbonyl (C=O) groups excluding carboxylic acids is 1. The van der Waals surface area contributed by atoms with E-state index < -0.39 is 26.9 Å². The zero-order valence-corrected chi connectivity index (χ0v) is 24.4. The van der Waals surface area contributed by atoms with Gasteiger partial charge in [0.05, 0.1) is 20.9 Å². The van der Waals surface area contributed by atoms with E-state index in [4.69, 9.17) is 23.2 Å². The summed E-state index contributed by atoms with van der Waals surface area (Å²) in [6.07, 6.45) is 0. The number of aromatic nitrogens is 2. The molecule has 212 valence electrons. The maximum Gasteiger partial charge on any atom is 0.283 e. The van der Waals surface area contributed by atoms with E-state index in [1.807, 2.05) is 0 Å². The van der Waals surface area contributed by atoms with Gasteiger partial charge in [-0.15, -0.1) is 4.09 Å². The van der Waals surface area contributed by atoms with Gasteiger partial charge in [0.25, 0.3) is 21.5 Å². The van der Waals surface area contributed by atoms with Crippen molar-refractivity contribution in [3.63, 3.8) is 0 Å². The molecule has 1 fully saturated rings. The first kappa shape index (κ1) is 28.3. The quantitative estimate of drug-likeness (QED) is 0.464. The van der Waals surface area contributed by atoms with E-state index in [0.29, 0.717) is 42.5 Å². The number of anilines is 2. The zero-order chi connectivity index (χ0) is 28.9. The Labute approximate surface area is 241 Å². The molecule has 2 aliphatic rings. The molecule has 0 saturated carbocycles. The van der Waals surface area contributed by atoms with Crippen LogP contribution >= 0.6 is 23.2 Å². The van der Waals surface area contributed by atoms with Crippen molar-refractivity contribution in [3.05, 3.63) is 91.6 Å². The monoisotopic (exact) mass is 607 g/mol. The number of hydrogen-bond donors (Lipinski definition) is 1. The fourth-order valence-corrected chi connectivity index (χ4v) is 6.51. The Bertz CT molecular complexity index is 1670. The fraction of sp³-hybridized carbons (Fsp3) is 0.333. The van der Waals surface area contributed by atoms with Gasteiger partial charge in [-0.1, -0.05) is 29.3 Å². The first-order chi connectivity index (χ1) is 18.9. The molecule has 1 amide bonds. The summed E-state index contributed by atoms with van der Waals surface area (Å²) >= 11 is 12.5. The van der Waals surface area contributed by atoms with Crippen molar-refractivity contribution in [3.8, 4) is 0 Å². The van der Waals surface area contributed by atoms with Gasteiger partial charge in [-0.2, -0.15) is 0 Å². The highest BCUT2D eigenvalue weighted by Crippen LogP contribution is 2.39. The van der Waals surface area contributed by atoms with Gasteiger partial charge in [0.15, 0.2) is 0 Å². The summed E-state index contributed by atoms with van der Waals surface area (Å²) in [5.74, 6) is -0.388. The summed E-state index contributed by atoms with van der Waals surface area (Å²) in [5, 5.41) is 2.70. The van der Waals surface area contributed by atoms with E-state index in [-0.39, 0.29) is 28.1 Å². The Morgan fingerprint density at radius 1 is 1.00 bits per heavy atom. The molecule has 2 aromatic carbocycles. The molecular weight excluding hydrogens is 580 g/mol. The number of allylic oxidation sites excluding steroid dienone is 1. The lowest BCUT2D eigenvalue weighted by Crippen LogP contribution is -2.50. The lowest BCUT2D eigenvalue weighted by Gasteiger charge is -2.39. The number of fused-ring (bicyclic) bond motifs is 1. The number of benzene rings is 2. The first-order valence-electron chi connectivity index (χ1n) is 12.7. The van der Waals surface area contributed by atoms with Gasteiger partial charge in [0, 0.05) is 43.6 Å². The highest BCUT2D eigenvalue weighted by atomic mass is 35.5. The average Bonchev–Trinajstić information content (AvgIpc) is 3.25. The third-order valence-electron chi connectivity index (χ3n) is 7.21. The van der Waals surface area contributed by atoms with Gasteiger partial charge in [-0.3, -0.25) is 9.59 Å². The summed E-state index contributed by atoms with van der Waals surface area (Å²) < 4.78 is 42.1. The topological polar surface area (TPSA) is 96.7 Å². The molecule has 1 saturated heterocycles. The Morgan fingerprint density at radius 3 is 2.25 bits per heavy atom. The molecule has 1 N–H and O–H groups in total. The molecule has 1 atom stereocenters. The van der Waals surface area contributed by atoms with Crippen molar-refractivity contribution >= 4 is 50.6 Å². The number of carbonyl (C=O) groups is 1. The number of nitrogens with one attached hydrogen (secondary N) is 1. The summed E-state index contributed by atoms with van der Waals surface area (Å²) in [7, 11) is -4.11. The minimum atomic E-state index is -4.11. The van der Waals surface area contributed by atoms with Crippen molar-refractivity contribution in [2.75, 3.05) is 36.4 Å². The van der Waals surface area contributed by atoms with E-state index in [2.05, 4.69) is 10.2 Å². The van der Waals surface area contributed by atoms with Gasteiger partial charge in [0.1, 0.15) is 17.7 Å². The summed E-state index contributed by atoms with van der Waals surface area (Å²) in [5.41, 5.74) is 1.38. The van der Waals surface area contributed by atoms with Crippen LogP contribution in [-0.2, 0) is 14.8 Å². The summed E-state index contributed by atoms with van der Waals surface area (Å²) in [6, 6.07) is 11.2. The minimum absolute atomic E-state index is 0.226. The molecular formula is C27H28Cl2FN5O4S. The van der Waals surface area contributed by atoms with Gasteiger partial charge in [-0.05, 0) is 62.7 Å². The van der Waals surface area contributed by atoms with Crippen molar-refractivity contribution in [2.45, 2.75) is 32.1 Å². The third kappa shape index (κ3) is 4.90. The molecule has 3 heterocycles. The second-order valence-electron chi connectivity index (χ2n) is 10.0. The van der Waals surface area contributed by atoms with E-state index in [9.17, 15) is 22.4 Å². The molecule has 0 radical (unpaired) electrons. The average molecular weight is 609 g/mol. The Balaban J connectivity index is 1.57. The van der Waals surface area contributed by atoms with Crippen LogP contribution in [0.4, 0.5) is 15.9 Å². The number of rotatable bonds is 5. The van der Waals surface area contributed by atoms with Crippen LogP contribution in [0.2, 0.25) is 10.0 Å². The Morgan fingerprint density at radius 2 is 1.65 bits per heavy atom. The molecule has 1 unspecified atom stereocenters. The lowest BCUT2D eigenvalue weighted by molar-refractivity contribution is -0.128. The molecule has 0 bridgehead atoms. The Hall–Kier alpha value is -3.28. The highest BCUT2D eigenvalue weighted by molar-refractivity contribution is 7.90. The van der Waals surface area contributed by atoms with Gasteiger partial charge < -0.3 is 15.1 Å². The van der Waals surface area contributed by atoms with Crippen LogP contribution in [0.5, 0.6) is 0 Å².